The van der Waals surface area contributed by atoms with E-state index in [1.807, 2.05) is 36.0 Å². The van der Waals surface area contributed by atoms with Crippen LogP contribution in [0.15, 0.2) is 48.1 Å². The molecule has 3 heterocycles. The van der Waals surface area contributed by atoms with Crippen molar-refractivity contribution in [3.63, 3.8) is 0 Å². The minimum atomic E-state index is -0.133. The molecule has 8 heteroatoms. The number of benzene rings is 1. The molecule has 0 saturated carbocycles. The van der Waals surface area contributed by atoms with Crippen LogP contribution < -0.4 is 5.32 Å². The molecule has 0 saturated heterocycles. The lowest BCUT2D eigenvalue weighted by molar-refractivity contribution is 0.103. The number of carbonyl (C=O) groups excluding carboxylic acids is 1. The van der Waals surface area contributed by atoms with Gasteiger partial charge in [0.05, 0.1) is 46.3 Å². The van der Waals surface area contributed by atoms with Crippen molar-refractivity contribution in [2.45, 2.75) is 33.9 Å². The van der Waals surface area contributed by atoms with Crippen molar-refractivity contribution in [2.24, 2.45) is 0 Å². The molecule has 0 atom stereocenters. The van der Waals surface area contributed by atoms with E-state index in [2.05, 4.69) is 40.6 Å². The molecule has 3 aromatic heterocycles. The van der Waals surface area contributed by atoms with Crippen molar-refractivity contribution in [3.8, 4) is 0 Å². The lowest BCUT2D eigenvalue weighted by atomic mass is 10.1. The van der Waals surface area contributed by atoms with Crippen LogP contribution in [0.4, 0.5) is 5.69 Å². The molecule has 0 radical (unpaired) electrons. The molecule has 6 nitrogen and oxygen atoms in total. The average molecular weight is 440 g/mol. The van der Waals surface area contributed by atoms with Gasteiger partial charge in [-0.05, 0) is 43.3 Å². The van der Waals surface area contributed by atoms with Gasteiger partial charge in [0.1, 0.15) is 0 Å². The third kappa shape index (κ3) is 4.47. The van der Waals surface area contributed by atoms with E-state index in [1.165, 1.54) is 22.5 Å². The van der Waals surface area contributed by atoms with Gasteiger partial charge in [-0.1, -0.05) is 41.4 Å². The highest BCUT2D eigenvalue weighted by Gasteiger charge is 2.17. The molecule has 1 amide bonds. The van der Waals surface area contributed by atoms with E-state index in [4.69, 9.17) is 11.6 Å². The van der Waals surface area contributed by atoms with Crippen molar-refractivity contribution in [1.82, 2.24) is 19.6 Å². The third-order valence-corrected chi connectivity index (χ3v) is 6.03. The second kappa shape index (κ2) is 8.45. The Hall–Kier alpha value is -2.90. The fourth-order valence-corrected chi connectivity index (χ4v) is 4.33. The van der Waals surface area contributed by atoms with E-state index in [0.29, 0.717) is 23.0 Å². The van der Waals surface area contributed by atoms with E-state index >= 15 is 0 Å². The first-order valence-electron chi connectivity index (χ1n) is 9.55. The van der Waals surface area contributed by atoms with Gasteiger partial charge in [0.25, 0.3) is 5.91 Å². The zero-order valence-electron chi connectivity index (χ0n) is 17.0. The number of aryl methyl sites for hydroxylation is 2. The van der Waals surface area contributed by atoms with Crippen LogP contribution in [-0.4, -0.2) is 25.5 Å². The molecule has 0 aliphatic carbocycles. The maximum Gasteiger partial charge on any atom is 0.265 e. The zero-order valence-corrected chi connectivity index (χ0v) is 18.6. The maximum absolute atomic E-state index is 12.8. The minimum absolute atomic E-state index is 0.133. The lowest BCUT2D eigenvalue weighted by Gasteiger charge is -2.07. The van der Waals surface area contributed by atoms with Gasteiger partial charge in [-0.25, -0.2) is 0 Å². The van der Waals surface area contributed by atoms with Gasteiger partial charge >= 0.3 is 0 Å². The number of halogens is 1. The summed E-state index contributed by atoms with van der Waals surface area (Å²) in [6.45, 7) is 7.21. The van der Waals surface area contributed by atoms with Crippen molar-refractivity contribution in [3.05, 3.63) is 86.1 Å². The predicted octanol–water partition coefficient (Wildman–Crippen LogP) is 5.07. The Bertz CT molecular complexity index is 1210. The van der Waals surface area contributed by atoms with Crippen LogP contribution in [0.2, 0.25) is 5.02 Å². The van der Waals surface area contributed by atoms with E-state index in [1.54, 1.807) is 17.1 Å². The summed E-state index contributed by atoms with van der Waals surface area (Å²) in [6.07, 6.45) is 3.36. The van der Waals surface area contributed by atoms with E-state index in [0.717, 1.165) is 22.6 Å². The van der Waals surface area contributed by atoms with Crippen LogP contribution in [0.1, 0.15) is 37.7 Å². The molecule has 1 aromatic carbocycles. The molecular weight excluding hydrogens is 418 g/mol. The Morgan fingerprint density at radius 2 is 2.00 bits per heavy atom. The summed E-state index contributed by atoms with van der Waals surface area (Å²) in [4.78, 5) is 13.5. The first kappa shape index (κ1) is 20.4. The number of nitrogens with zero attached hydrogens (tertiary/aromatic N) is 4. The molecule has 0 unspecified atom stereocenters. The molecule has 0 aliphatic heterocycles. The number of carbonyl (C=O) groups is 1. The number of aromatic nitrogens is 4. The maximum atomic E-state index is 12.8. The van der Waals surface area contributed by atoms with Crippen LogP contribution in [0, 0.1) is 20.8 Å². The van der Waals surface area contributed by atoms with Crippen LogP contribution in [-0.2, 0) is 13.1 Å². The Morgan fingerprint density at radius 1 is 1.17 bits per heavy atom. The monoisotopic (exact) mass is 439 g/mol. The first-order valence-corrected chi connectivity index (χ1v) is 10.8. The first-order chi connectivity index (χ1) is 14.4. The molecule has 30 heavy (non-hydrogen) atoms. The van der Waals surface area contributed by atoms with Gasteiger partial charge < -0.3 is 5.32 Å². The SMILES string of the molecule is Cc1cccc(Cn2nc(C)c(NC(=O)c3cc(Cn4cc(Cl)cn4)cs3)c2C)c1. The fraction of sp³-hybridized carbons (Fsp3) is 0.227. The summed E-state index contributed by atoms with van der Waals surface area (Å²) in [5.74, 6) is -0.133. The summed E-state index contributed by atoms with van der Waals surface area (Å²) >= 11 is 7.32. The second-order valence-corrected chi connectivity index (χ2v) is 8.67. The number of nitrogens with one attached hydrogen (secondary N) is 1. The van der Waals surface area contributed by atoms with Crippen LogP contribution in [0.3, 0.4) is 0 Å². The smallest absolute Gasteiger partial charge is 0.265 e. The van der Waals surface area contributed by atoms with Gasteiger partial charge in [0.2, 0.25) is 0 Å². The molecule has 4 aromatic rings. The highest BCUT2D eigenvalue weighted by Crippen LogP contribution is 2.23. The van der Waals surface area contributed by atoms with Crippen LogP contribution in [0.5, 0.6) is 0 Å². The van der Waals surface area contributed by atoms with E-state index in [-0.39, 0.29) is 5.91 Å². The Balaban J connectivity index is 1.47. The van der Waals surface area contributed by atoms with Gasteiger partial charge in [-0.3, -0.25) is 14.2 Å². The lowest BCUT2D eigenvalue weighted by Crippen LogP contribution is -2.12. The Kier molecular flexibility index (Phi) is 5.74. The largest absolute Gasteiger partial charge is 0.318 e. The predicted molar refractivity (Wildman–Crippen MR) is 121 cm³/mol. The van der Waals surface area contributed by atoms with Crippen molar-refractivity contribution < 1.29 is 4.79 Å². The van der Waals surface area contributed by atoms with Gasteiger partial charge in [0, 0.05) is 6.20 Å². The third-order valence-electron chi connectivity index (χ3n) is 4.86. The molecule has 154 valence electrons. The normalized spacial score (nSPS) is 11.1. The number of hydrogen-bond donors (Lipinski definition) is 1. The Labute approximate surface area is 184 Å². The summed E-state index contributed by atoms with van der Waals surface area (Å²) in [6, 6.07) is 10.2. The van der Waals surface area contributed by atoms with Crippen molar-refractivity contribution >= 4 is 34.5 Å². The minimum Gasteiger partial charge on any atom is -0.318 e. The van der Waals surface area contributed by atoms with Crippen molar-refractivity contribution in [2.75, 3.05) is 5.32 Å². The topological polar surface area (TPSA) is 64.7 Å². The average Bonchev–Trinajstić information content (AvgIpc) is 3.39. The summed E-state index contributed by atoms with van der Waals surface area (Å²) in [7, 11) is 0. The molecule has 0 fully saturated rings. The van der Waals surface area contributed by atoms with E-state index < -0.39 is 0 Å². The standard InChI is InChI=1S/C22H22ClN5OS/c1-14-5-4-6-17(7-14)11-28-16(3)21(15(2)26-28)25-22(29)20-8-18(13-30-20)10-27-12-19(23)9-24-27/h4-9,12-13H,10-11H2,1-3H3,(H,25,29). The number of amides is 1. The summed E-state index contributed by atoms with van der Waals surface area (Å²) < 4.78 is 3.68. The fourth-order valence-electron chi connectivity index (χ4n) is 3.38. The van der Waals surface area contributed by atoms with Crippen molar-refractivity contribution in [1.29, 1.82) is 0 Å². The molecule has 0 aliphatic rings. The van der Waals surface area contributed by atoms with Gasteiger partial charge in [0.15, 0.2) is 0 Å². The summed E-state index contributed by atoms with van der Waals surface area (Å²) in [5, 5.41) is 14.4. The van der Waals surface area contributed by atoms with Crippen LogP contribution in [0.25, 0.3) is 0 Å². The molecule has 4 rings (SSSR count). The van der Waals surface area contributed by atoms with Gasteiger partial charge in [-0.2, -0.15) is 10.2 Å². The van der Waals surface area contributed by atoms with Gasteiger partial charge in [-0.15, -0.1) is 11.3 Å². The summed E-state index contributed by atoms with van der Waals surface area (Å²) in [5.41, 5.74) is 5.91. The number of rotatable bonds is 6. The number of anilines is 1. The highest BCUT2D eigenvalue weighted by atomic mass is 35.5. The molecule has 0 spiro atoms. The highest BCUT2D eigenvalue weighted by molar-refractivity contribution is 7.12. The van der Waals surface area contributed by atoms with E-state index in [9.17, 15) is 4.79 Å². The molecule has 1 N–H and O–H groups in total. The molecular formula is C22H22ClN5OS. The Morgan fingerprint density at radius 3 is 2.73 bits per heavy atom. The second-order valence-electron chi connectivity index (χ2n) is 7.32. The zero-order chi connectivity index (χ0) is 21.3. The molecule has 0 bridgehead atoms. The number of thiophene rings is 1. The quantitative estimate of drug-likeness (QED) is 0.456. The van der Waals surface area contributed by atoms with Crippen LogP contribution >= 0.6 is 22.9 Å². The number of hydrogen-bond acceptors (Lipinski definition) is 4.